The minimum Gasteiger partial charge on any atom is -0.385 e. The lowest BCUT2D eigenvalue weighted by molar-refractivity contribution is 0.109. The summed E-state index contributed by atoms with van der Waals surface area (Å²) >= 11 is 0. The molecule has 0 aromatic carbocycles. The van der Waals surface area contributed by atoms with E-state index in [4.69, 9.17) is 10.7 Å². The minimum atomic E-state index is 0.296. The number of aromatic nitrogens is 3. The number of hydrogen-bond donors (Lipinski definition) is 1. The maximum atomic E-state index is 6.07. The second-order valence-electron chi connectivity index (χ2n) is 6.68. The highest BCUT2D eigenvalue weighted by Gasteiger charge is 2.32. The molecule has 0 spiro atoms. The number of aryl methyl sites for hydroxylation is 1. The number of fused-ring (bicyclic) bond motifs is 1. The molecule has 1 fully saturated rings. The molecule has 5 nitrogen and oxygen atoms in total. The van der Waals surface area contributed by atoms with E-state index < -0.39 is 0 Å². The number of nitrogen functional groups attached to an aromatic ring is 1. The average Bonchev–Trinajstić information content (AvgIpc) is 3.01. The SMILES string of the molecule is Cc1cccnc1[C@@H]1CCC[C@H](c2cn3c(N)cccc3n2)N1C. The molecule has 0 saturated carbocycles. The third kappa shape index (κ3) is 2.45. The molecular formula is C19H23N5. The Hall–Kier alpha value is -2.40. The highest BCUT2D eigenvalue weighted by Crippen LogP contribution is 2.40. The lowest BCUT2D eigenvalue weighted by Gasteiger charge is -2.39. The van der Waals surface area contributed by atoms with Crippen molar-refractivity contribution in [1.82, 2.24) is 19.3 Å². The molecule has 4 heterocycles. The first-order chi connectivity index (χ1) is 11.6. The quantitative estimate of drug-likeness (QED) is 0.784. The normalized spacial score (nSPS) is 22.1. The molecule has 0 aliphatic carbocycles. The lowest BCUT2D eigenvalue weighted by atomic mass is 9.91. The maximum Gasteiger partial charge on any atom is 0.138 e. The zero-order valence-corrected chi connectivity index (χ0v) is 14.2. The first-order valence-electron chi connectivity index (χ1n) is 8.52. The van der Waals surface area contributed by atoms with Gasteiger partial charge in [0.1, 0.15) is 11.5 Å². The highest BCUT2D eigenvalue weighted by molar-refractivity contribution is 5.49. The fourth-order valence-electron chi connectivity index (χ4n) is 3.87. The van der Waals surface area contributed by atoms with E-state index in [0.717, 1.165) is 30.0 Å². The Labute approximate surface area is 142 Å². The molecular weight excluding hydrogens is 298 g/mol. The van der Waals surface area contributed by atoms with Crippen molar-refractivity contribution < 1.29 is 0 Å². The van der Waals surface area contributed by atoms with Crippen LogP contribution in [0.2, 0.25) is 0 Å². The Balaban J connectivity index is 1.70. The van der Waals surface area contributed by atoms with Crippen molar-refractivity contribution in [1.29, 1.82) is 0 Å². The van der Waals surface area contributed by atoms with Crippen molar-refractivity contribution in [2.45, 2.75) is 38.3 Å². The van der Waals surface area contributed by atoms with Gasteiger partial charge >= 0.3 is 0 Å². The van der Waals surface area contributed by atoms with Gasteiger partial charge in [0, 0.05) is 12.4 Å². The Morgan fingerprint density at radius 2 is 1.96 bits per heavy atom. The third-order valence-corrected chi connectivity index (χ3v) is 5.19. The van der Waals surface area contributed by atoms with Crippen molar-refractivity contribution in [2.75, 3.05) is 12.8 Å². The molecule has 0 bridgehead atoms. The van der Waals surface area contributed by atoms with Gasteiger partial charge in [-0.1, -0.05) is 12.1 Å². The summed E-state index contributed by atoms with van der Waals surface area (Å²) in [5, 5.41) is 0. The summed E-state index contributed by atoms with van der Waals surface area (Å²) < 4.78 is 1.97. The molecule has 4 rings (SSSR count). The smallest absolute Gasteiger partial charge is 0.138 e. The van der Waals surface area contributed by atoms with Crippen LogP contribution in [0.1, 0.15) is 48.3 Å². The molecule has 2 N–H and O–H groups in total. The van der Waals surface area contributed by atoms with E-state index in [1.54, 1.807) is 0 Å². The number of likely N-dealkylation sites (tertiary alicyclic amines) is 1. The minimum absolute atomic E-state index is 0.296. The van der Waals surface area contributed by atoms with E-state index in [1.807, 2.05) is 34.9 Å². The van der Waals surface area contributed by atoms with Gasteiger partial charge < -0.3 is 5.73 Å². The van der Waals surface area contributed by atoms with Crippen LogP contribution in [-0.2, 0) is 0 Å². The van der Waals surface area contributed by atoms with Gasteiger partial charge in [-0.2, -0.15) is 0 Å². The molecule has 1 aliphatic heterocycles. The highest BCUT2D eigenvalue weighted by atomic mass is 15.2. The predicted octanol–water partition coefficient (Wildman–Crippen LogP) is 3.52. The van der Waals surface area contributed by atoms with Crippen LogP contribution < -0.4 is 5.73 Å². The van der Waals surface area contributed by atoms with Crippen LogP contribution in [0.4, 0.5) is 5.82 Å². The monoisotopic (exact) mass is 321 g/mol. The molecule has 0 amide bonds. The van der Waals surface area contributed by atoms with Gasteiger partial charge in [-0.3, -0.25) is 14.3 Å². The van der Waals surface area contributed by atoms with E-state index in [2.05, 4.69) is 36.1 Å². The van der Waals surface area contributed by atoms with E-state index in [9.17, 15) is 0 Å². The third-order valence-electron chi connectivity index (χ3n) is 5.19. The fraction of sp³-hybridized carbons (Fsp3) is 0.368. The summed E-state index contributed by atoms with van der Waals surface area (Å²) in [4.78, 5) is 11.9. The molecule has 3 aromatic rings. The van der Waals surface area contributed by atoms with Crippen molar-refractivity contribution in [3.05, 3.63) is 59.7 Å². The van der Waals surface area contributed by atoms with Gasteiger partial charge in [-0.25, -0.2) is 4.98 Å². The number of anilines is 1. The molecule has 3 aromatic heterocycles. The topological polar surface area (TPSA) is 59.5 Å². The standard InChI is InChI=1S/C19H23N5/c1-13-6-5-11-21-19(13)16-8-3-7-15(23(16)2)14-12-24-17(20)9-4-10-18(24)22-14/h4-6,9-12,15-16H,3,7-8,20H2,1-2H3/t15-,16+/m1/s1. The number of rotatable bonds is 2. The van der Waals surface area contributed by atoms with Gasteiger partial charge in [0.25, 0.3) is 0 Å². The van der Waals surface area contributed by atoms with Crippen LogP contribution in [0.25, 0.3) is 5.65 Å². The van der Waals surface area contributed by atoms with Gasteiger partial charge in [0.15, 0.2) is 0 Å². The van der Waals surface area contributed by atoms with Gasteiger partial charge in [0.2, 0.25) is 0 Å². The van der Waals surface area contributed by atoms with Crippen molar-refractivity contribution >= 4 is 11.5 Å². The first-order valence-corrected chi connectivity index (χ1v) is 8.52. The largest absolute Gasteiger partial charge is 0.385 e. The lowest BCUT2D eigenvalue weighted by Crippen LogP contribution is -2.34. The molecule has 124 valence electrons. The molecule has 24 heavy (non-hydrogen) atoms. The average molecular weight is 321 g/mol. The summed E-state index contributed by atoms with van der Waals surface area (Å²) in [5.74, 6) is 0.724. The fourth-order valence-corrected chi connectivity index (χ4v) is 3.87. The Bertz CT molecular complexity index is 869. The summed E-state index contributed by atoms with van der Waals surface area (Å²) in [6.45, 7) is 2.14. The van der Waals surface area contributed by atoms with Crippen LogP contribution in [-0.4, -0.2) is 26.3 Å². The zero-order chi connectivity index (χ0) is 16.7. The Morgan fingerprint density at radius 1 is 1.12 bits per heavy atom. The van der Waals surface area contributed by atoms with E-state index in [0.29, 0.717) is 12.1 Å². The van der Waals surface area contributed by atoms with Gasteiger partial charge in [-0.05, 0) is 57.0 Å². The summed E-state index contributed by atoms with van der Waals surface area (Å²) in [6, 6.07) is 10.6. The van der Waals surface area contributed by atoms with Gasteiger partial charge in [0.05, 0.1) is 23.5 Å². The Kier molecular flexibility index (Phi) is 3.73. The van der Waals surface area contributed by atoms with Crippen LogP contribution in [0.3, 0.4) is 0 Å². The maximum absolute atomic E-state index is 6.07. The van der Waals surface area contributed by atoms with Crippen LogP contribution in [0, 0.1) is 6.92 Å². The summed E-state index contributed by atoms with van der Waals surface area (Å²) in [6.07, 6.45) is 7.41. The van der Waals surface area contributed by atoms with Crippen LogP contribution >= 0.6 is 0 Å². The molecule has 1 saturated heterocycles. The summed E-state index contributed by atoms with van der Waals surface area (Å²) in [5.41, 5.74) is 10.5. The first kappa shape index (κ1) is 15.1. The predicted molar refractivity (Wildman–Crippen MR) is 95.7 cm³/mol. The summed E-state index contributed by atoms with van der Waals surface area (Å²) in [7, 11) is 2.19. The number of imidazole rings is 1. The van der Waals surface area contributed by atoms with E-state index in [1.165, 1.54) is 17.7 Å². The number of nitrogens with two attached hydrogens (primary N) is 1. The van der Waals surface area contributed by atoms with E-state index in [-0.39, 0.29) is 0 Å². The molecule has 5 heteroatoms. The second-order valence-corrected chi connectivity index (χ2v) is 6.68. The number of pyridine rings is 2. The van der Waals surface area contributed by atoms with Gasteiger partial charge in [-0.15, -0.1) is 0 Å². The Morgan fingerprint density at radius 3 is 2.75 bits per heavy atom. The second kappa shape index (κ2) is 5.91. The van der Waals surface area contributed by atoms with Crippen molar-refractivity contribution in [2.24, 2.45) is 0 Å². The zero-order valence-electron chi connectivity index (χ0n) is 14.2. The van der Waals surface area contributed by atoms with Crippen molar-refractivity contribution in [3.8, 4) is 0 Å². The van der Waals surface area contributed by atoms with Crippen LogP contribution in [0.15, 0.2) is 42.7 Å². The van der Waals surface area contributed by atoms with Crippen LogP contribution in [0.5, 0.6) is 0 Å². The number of piperidine rings is 1. The molecule has 0 unspecified atom stereocenters. The number of nitrogens with zero attached hydrogens (tertiary/aromatic N) is 4. The van der Waals surface area contributed by atoms with E-state index >= 15 is 0 Å². The van der Waals surface area contributed by atoms with Crippen molar-refractivity contribution in [3.63, 3.8) is 0 Å². The molecule has 0 radical (unpaired) electrons. The molecule has 2 atom stereocenters. The molecule has 1 aliphatic rings. The number of hydrogen-bond acceptors (Lipinski definition) is 4.